The maximum absolute atomic E-state index is 12.8. The Morgan fingerprint density at radius 1 is 1.08 bits per heavy atom. The quantitative estimate of drug-likeness (QED) is 0.866. The van der Waals surface area contributed by atoms with Crippen molar-refractivity contribution in [3.8, 4) is 0 Å². The third kappa shape index (κ3) is 3.23. The second kappa shape index (κ2) is 6.80. The smallest absolute Gasteiger partial charge is 0.257 e. The number of fused-ring (bicyclic) bond motifs is 1. The minimum Gasteiger partial charge on any atom is -0.338 e. The van der Waals surface area contributed by atoms with Gasteiger partial charge < -0.3 is 4.90 Å². The molecule has 2 atom stereocenters. The first kappa shape index (κ1) is 15.4. The molecule has 1 aromatic carbocycles. The van der Waals surface area contributed by atoms with Gasteiger partial charge in [0.1, 0.15) is 0 Å². The molecular weight excluding hydrogens is 298 g/mol. The largest absolute Gasteiger partial charge is 0.338 e. The molecule has 4 nitrogen and oxygen atoms in total. The minimum atomic E-state index is 0.151. The number of carbonyl (C=O) groups is 1. The van der Waals surface area contributed by atoms with Crippen LogP contribution < -0.4 is 0 Å². The van der Waals surface area contributed by atoms with Crippen molar-refractivity contribution in [3.63, 3.8) is 0 Å². The molecule has 2 heterocycles. The van der Waals surface area contributed by atoms with E-state index in [1.165, 1.54) is 37.7 Å². The number of benzene rings is 1. The number of hydrogen-bond donors (Lipinski definition) is 0. The first-order valence-corrected chi connectivity index (χ1v) is 9.15. The summed E-state index contributed by atoms with van der Waals surface area (Å²) in [5, 5.41) is 4.38. The van der Waals surface area contributed by atoms with E-state index in [9.17, 15) is 4.79 Å². The van der Waals surface area contributed by atoms with Crippen LogP contribution in [0.1, 0.15) is 48.0 Å². The van der Waals surface area contributed by atoms with Gasteiger partial charge in [-0.05, 0) is 30.2 Å². The second-order valence-electron chi connectivity index (χ2n) is 7.26. The Hall–Kier alpha value is -2.10. The number of amides is 1. The molecule has 2 aromatic rings. The number of piperidine rings is 1. The molecule has 1 saturated carbocycles. The summed E-state index contributed by atoms with van der Waals surface area (Å²) in [5.74, 6) is 1.72. The van der Waals surface area contributed by atoms with E-state index in [-0.39, 0.29) is 5.91 Å². The summed E-state index contributed by atoms with van der Waals surface area (Å²) in [6.07, 6.45) is 10.2. The van der Waals surface area contributed by atoms with Gasteiger partial charge in [-0.3, -0.25) is 9.48 Å². The van der Waals surface area contributed by atoms with Crippen LogP contribution in [0.4, 0.5) is 0 Å². The van der Waals surface area contributed by atoms with Gasteiger partial charge in [0.2, 0.25) is 0 Å². The number of hydrogen-bond acceptors (Lipinski definition) is 2. The van der Waals surface area contributed by atoms with Crippen molar-refractivity contribution in [1.82, 2.24) is 14.7 Å². The van der Waals surface area contributed by atoms with Crippen molar-refractivity contribution in [3.05, 3.63) is 53.9 Å². The molecule has 1 aliphatic carbocycles. The summed E-state index contributed by atoms with van der Waals surface area (Å²) in [6, 6.07) is 10.2. The van der Waals surface area contributed by atoms with Gasteiger partial charge in [-0.2, -0.15) is 5.10 Å². The fraction of sp³-hybridized carbons (Fsp3) is 0.500. The number of carbonyl (C=O) groups excluding carboxylic acids is 1. The van der Waals surface area contributed by atoms with Crippen LogP contribution >= 0.6 is 0 Å². The van der Waals surface area contributed by atoms with Crippen LogP contribution in [0.2, 0.25) is 0 Å². The van der Waals surface area contributed by atoms with Crippen molar-refractivity contribution in [1.29, 1.82) is 0 Å². The molecule has 1 aromatic heterocycles. The van der Waals surface area contributed by atoms with Crippen LogP contribution in [-0.2, 0) is 6.54 Å². The molecule has 0 bridgehead atoms. The highest BCUT2D eigenvalue weighted by atomic mass is 16.2. The number of rotatable bonds is 3. The summed E-state index contributed by atoms with van der Waals surface area (Å²) >= 11 is 0. The zero-order chi connectivity index (χ0) is 16.4. The lowest BCUT2D eigenvalue weighted by Gasteiger charge is -2.41. The van der Waals surface area contributed by atoms with Crippen molar-refractivity contribution >= 4 is 5.91 Å². The van der Waals surface area contributed by atoms with Gasteiger partial charge in [0.25, 0.3) is 5.91 Å². The first-order valence-electron chi connectivity index (χ1n) is 9.15. The van der Waals surface area contributed by atoms with Crippen molar-refractivity contribution in [2.45, 2.75) is 38.6 Å². The monoisotopic (exact) mass is 323 g/mol. The zero-order valence-electron chi connectivity index (χ0n) is 14.1. The summed E-state index contributed by atoms with van der Waals surface area (Å²) in [4.78, 5) is 14.9. The summed E-state index contributed by atoms with van der Waals surface area (Å²) in [7, 11) is 0. The van der Waals surface area contributed by atoms with Gasteiger partial charge in [0.15, 0.2) is 0 Å². The fourth-order valence-corrected chi connectivity index (χ4v) is 4.30. The summed E-state index contributed by atoms with van der Waals surface area (Å²) in [5.41, 5.74) is 1.92. The predicted molar refractivity (Wildman–Crippen MR) is 93.7 cm³/mol. The molecule has 1 saturated heterocycles. The third-order valence-corrected chi connectivity index (χ3v) is 5.65. The van der Waals surface area contributed by atoms with Crippen LogP contribution in [-0.4, -0.2) is 33.7 Å². The molecule has 2 fully saturated rings. The first-order chi connectivity index (χ1) is 11.8. The van der Waals surface area contributed by atoms with Gasteiger partial charge in [0, 0.05) is 19.3 Å². The van der Waals surface area contributed by atoms with Crippen LogP contribution in [0, 0.1) is 11.8 Å². The van der Waals surface area contributed by atoms with Gasteiger partial charge in [-0.15, -0.1) is 0 Å². The Labute approximate surface area is 143 Å². The van der Waals surface area contributed by atoms with Crippen LogP contribution in [0.5, 0.6) is 0 Å². The van der Waals surface area contributed by atoms with Gasteiger partial charge in [0.05, 0.1) is 18.3 Å². The Balaban J connectivity index is 1.41. The van der Waals surface area contributed by atoms with Crippen LogP contribution in [0.25, 0.3) is 0 Å². The molecule has 0 unspecified atom stereocenters. The van der Waals surface area contributed by atoms with Crippen molar-refractivity contribution < 1.29 is 4.79 Å². The van der Waals surface area contributed by atoms with E-state index in [4.69, 9.17) is 0 Å². The molecule has 1 aliphatic heterocycles. The lowest BCUT2D eigenvalue weighted by atomic mass is 9.75. The lowest BCUT2D eigenvalue weighted by molar-refractivity contribution is 0.0521. The Bertz CT molecular complexity index is 694. The highest BCUT2D eigenvalue weighted by molar-refractivity contribution is 5.93. The molecule has 0 spiro atoms. The molecule has 4 heteroatoms. The SMILES string of the molecule is O=C(c1cnn(Cc2ccccc2)c1)N1CC[C@H]2CCCC[C@H]2C1. The molecule has 0 radical (unpaired) electrons. The maximum Gasteiger partial charge on any atom is 0.257 e. The minimum absolute atomic E-state index is 0.151. The second-order valence-corrected chi connectivity index (χ2v) is 7.26. The predicted octanol–water partition coefficient (Wildman–Crippen LogP) is 3.58. The maximum atomic E-state index is 12.8. The van der Waals surface area contributed by atoms with E-state index < -0.39 is 0 Å². The Kier molecular flexibility index (Phi) is 4.37. The number of likely N-dealkylation sites (tertiary alicyclic amines) is 1. The van der Waals surface area contributed by atoms with Crippen molar-refractivity contribution in [2.75, 3.05) is 13.1 Å². The van der Waals surface area contributed by atoms with Gasteiger partial charge in [-0.1, -0.05) is 49.6 Å². The zero-order valence-corrected chi connectivity index (χ0v) is 14.1. The topological polar surface area (TPSA) is 38.1 Å². The van der Waals surface area contributed by atoms with Gasteiger partial charge in [-0.25, -0.2) is 0 Å². The summed E-state index contributed by atoms with van der Waals surface area (Å²) < 4.78 is 1.86. The summed E-state index contributed by atoms with van der Waals surface area (Å²) in [6.45, 7) is 2.55. The normalized spacial score (nSPS) is 23.8. The Morgan fingerprint density at radius 3 is 2.71 bits per heavy atom. The van der Waals surface area contributed by atoms with E-state index >= 15 is 0 Å². The standard InChI is InChI=1S/C20H25N3O/c24-20(22-11-10-17-8-4-5-9-18(17)14-22)19-12-21-23(15-19)13-16-6-2-1-3-7-16/h1-3,6-7,12,15,17-18H,4-5,8-11,13-14H2/t17-,18+/m1/s1. The highest BCUT2D eigenvalue weighted by Gasteiger charge is 2.33. The molecule has 24 heavy (non-hydrogen) atoms. The van der Waals surface area contributed by atoms with Crippen LogP contribution in [0.15, 0.2) is 42.7 Å². The third-order valence-electron chi connectivity index (χ3n) is 5.65. The Morgan fingerprint density at radius 2 is 1.88 bits per heavy atom. The number of nitrogens with zero attached hydrogens (tertiary/aromatic N) is 3. The fourth-order valence-electron chi connectivity index (χ4n) is 4.30. The highest BCUT2D eigenvalue weighted by Crippen LogP contribution is 2.36. The molecular formula is C20H25N3O. The average Bonchev–Trinajstić information content (AvgIpc) is 3.10. The molecule has 2 aliphatic rings. The van der Waals surface area contributed by atoms with E-state index in [2.05, 4.69) is 22.1 Å². The lowest BCUT2D eigenvalue weighted by Crippen LogP contribution is -2.44. The van der Waals surface area contributed by atoms with E-state index in [1.54, 1.807) is 6.20 Å². The van der Waals surface area contributed by atoms with E-state index in [0.29, 0.717) is 6.54 Å². The molecule has 0 N–H and O–H groups in total. The average molecular weight is 323 g/mol. The number of aromatic nitrogens is 2. The van der Waals surface area contributed by atoms with E-state index in [0.717, 1.165) is 30.5 Å². The molecule has 1 amide bonds. The molecule has 126 valence electrons. The van der Waals surface area contributed by atoms with Crippen molar-refractivity contribution in [2.24, 2.45) is 11.8 Å². The van der Waals surface area contributed by atoms with Gasteiger partial charge >= 0.3 is 0 Å². The molecule has 4 rings (SSSR count). The van der Waals surface area contributed by atoms with Crippen LogP contribution in [0.3, 0.4) is 0 Å². The van der Waals surface area contributed by atoms with E-state index in [1.807, 2.05) is 29.1 Å².